The number of nitrogens with two attached hydrogens (primary N) is 1. The van der Waals surface area contributed by atoms with E-state index >= 15 is 0 Å². The van der Waals surface area contributed by atoms with Crippen LogP contribution in [0.4, 0.5) is 15.8 Å². The van der Waals surface area contributed by atoms with Crippen LogP contribution in [0, 0.1) is 5.82 Å². The minimum atomic E-state index is -0.345. The van der Waals surface area contributed by atoms with Gasteiger partial charge in [0.1, 0.15) is 11.5 Å². The smallest absolute Gasteiger partial charge is 0.278 e. The van der Waals surface area contributed by atoms with Crippen molar-refractivity contribution in [1.29, 1.82) is 0 Å². The van der Waals surface area contributed by atoms with E-state index in [4.69, 9.17) is 5.73 Å². The summed E-state index contributed by atoms with van der Waals surface area (Å²) < 4.78 is 14.4. The molecular formula is C13H15FN4O. The van der Waals surface area contributed by atoms with E-state index in [1.807, 2.05) is 6.92 Å². The van der Waals surface area contributed by atoms with E-state index in [1.54, 1.807) is 7.05 Å². The van der Waals surface area contributed by atoms with Crippen molar-refractivity contribution in [2.45, 2.75) is 13.5 Å². The lowest BCUT2D eigenvalue weighted by molar-refractivity contribution is 0.0983. The number of aromatic nitrogens is 2. The Labute approximate surface area is 110 Å². The van der Waals surface area contributed by atoms with Gasteiger partial charge in [0.05, 0.1) is 11.9 Å². The molecule has 1 heterocycles. The Morgan fingerprint density at radius 3 is 2.63 bits per heavy atom. The summed E-state index contributed by atoms with van der Waals surface area (Å²) >= 11 is 0. The molecule has 1 amide bonds. The van der Waals surface area contributed by atoms with E-state index in [-0.39, 0.29) is 11.7 Å². The van der Waals surface area contributed by atoms with Crippen LogP contribution < -0.4 is 10.6 Å². The number of hydrogen-bond acceptors (Lipinski definition) is 3. The number of amides is 1. The second-order valence-electron chi connectivity index (χ2n) is 4.10. The van der Waals surface area contributed by atoms with Crippen LogP contribution >= 0.6 is 0 Å². The number of aryl methyl sites for hydroxylation is 1. The first-order valence-electron chi connectivity index (χ1n) is 5.89. The second-order valence-corrected chi connectivity index (χ2v) is 4.10. The van der Waals surface area contributed by atoms with Gasteiger partial charge < -0.3 is 10.6 Å². The molecule has 0 fully saturated rings. The van der Waals surface area contributed by atoms with Gasteiger partial charge in [0.25, 0.3) is 5.91 Å². The number of anilines is 2. The minimum absolute atomic E-state index is 0.275. The molecular weight excluding hydrogens is 247 g/mol. The van der Waals surface area contributed by atoms with Crippen molar-refractivity contribution >= 4 is 17.3 Å². The van der Waals surface area contributed by atoms with Crippen LogP contribution in [-0.4, -0.2) is 22.7 Å². The highest BCUT2D eigenvalue weighted by Crippen LogP contribution is 2.19. The van der Waals surface area contributed by atoms with Gasteiger partial charge in [0.15, 0.2) is 0 Å². The molecule has 100 valence electrons. The van der Waals surface area contributed by atoms with Gasteiger partial charge in [-0.3, -0.25) is 9.48 Å². The van der Waals surface area contributed by atoms with Crippen molar-refractivity contribution in [1.82, 2.24) is 9.78 Å². The highest BCUT2D eigenvalue weighted by molar-refractivity contribution is 6.07. The molecule has 0 radical (unpaired) electrons. The summed E-state index contributed by atoms with van der Waals surface area (Å²) in [6.45, 7) is 2.43. The van der Waals surface area contributed by atoms with Crippen LogP contribution in [0.25, 0.3) is 0 Å². The van der Waals surface area contributed by atoms with Crippen LogP contribution in [0.1, 0.15) is 17.4 Å². The van der Waals surface area contributed by atoms with E-state index in [1.165, 1.54) is 40.0 Å². The van der Waals surface area contributed by atoms with Gasteiger partial charge in [-0.05, 0) is 31.2 Å². The molecule has 1 aromatic carbocycles. The van der Waals surface area contributed by atoms with Crippen LogP contribution in [0.3, 0.4) is 0 Å². The lowest BCUT2D eigenvalue weighted by atomic mass is 10.2. The van der Waals surface area contributed by atoms with Crippen molar-refractivity contribution in [2.75, 3.05) is 17.7 Å². The summed E-state index contributed by atoms with van der Waals surface area (Å²) in [7, 11) is 1.61. The summed E-state index contributed by atoms with van der Waals surface area (Å²) in [5.74, 6) is -0.619. The summed E-state index contributed by atoms with van der Waals surface area (Å²) in [5, 5.41) is 4.03. The fraction of sp³-hybridized carbons (Fsp3) is 0.231. The first kappa shape index (κ1) is 13.1. The maximum Gasteiger partial charge on any atom is 0.278 e. The zero-order valence-electron chi connectivity index (χ0n) is 10.8. The fourth-order valence-electron chi connectivity index (χ4n) is 1.81. The Balaban J connectivity index is 2.33. The maximum atomic E-state index is 12.9. The Bertz CT molecular complexity index is 591. The SMILES string of the molecule is CCn1ncc(N)c1C(=O)N(C)c1ccc(F)cc1. The number of halogens is 1. The zero-order chi connectivity index (χ0) is 14.0. The average molecular weight is 262 g/mol. The highest BCUT2D eigenvalue weighted by Gasteiger charge is 2.20. The van der Waals surface area contributed by atoms with E-state index < -0.39 is 0 Å². The molecule has 0 spiro atoms. The van der Waals surface area contributed by atoms with Crippen LogP contribution in [0.15, 0.2) is 30.5 Å². The molecule has 0 aliphatic heterocycles. The Kier molecular flexibility index (Phi) is 3.50. The highest BCUT2D eigenvalue weighted by atomic mass is 19.1. The summed E-state index contributed by atoms with van der Waals surface area (Å²) in [6, 6.07) is 5.69. The van der Waals surface area contributed by atoms with E-state index in [2.05, 4.69) is 5.10 Å². The zero-order valence-corrected chi connectivity index (χ0v) is 10.8. The van der Waals surface area contributed by atoms with Crippen molar-refractivity contribution in [3.63, 3.8) is 0 Å². The third kappa shape index (κ3) is 2.42. The predicted molar refractivity (Wildman–Crippen MR) is 71.4 cm³/mol. The Hall–Kier alpha value is -2.37. The summed E-state index contributed by atoms with van der Waals surface area (Å²) in [5.41, 5.74) is 7.04. The van der Waals surface area contributed by atoms with Gasteiger partial charge in [-0.15, -0.1) is 0 Å². The molecule has 0 saturated carbocycles. The van der Waals surface area contributed by atoms with Gasteiger partial charge in [-0.25, -0.2) is 4.39 Å². The predicted octanol–water partition coefficient (Wildman–Crippen LogP) is 1.90. The molecule has 0 saturated heterocycles. The monoisotopic (exact) mass is 262 g/mol. The standard InChI is InChI=1S/C13H15FN4O/c1-3-18-12(11(15)8-16-18)13(19)17(2)10-6-4-9(14)5-7-10/h4-8H,3,15H2,1-2H3. The normalized spacial score (nSPS) is 10.5. The third-order valence-electron chi connectivity index (χ3n) is 2.89. The largest absolute Gasteiger partial charge is 0.396 e. The number of benzene rings is 1. The second kappa shape index (κ2) is 5.09. The molecule has 0 aliphatic rings. The van der Waals surface area contributed by atoms with Crippen LogP contribution in [-0.2, 0) is 6.54 Å². The minimum Gasteiger partial charge on any atom is -0.396 e. The molecule has 19 heavy (non-hydrogen) atoms. The third-order valence-corrected chi connectivity index (χ3v) is 2.89. The molecule has 1 aromatic heterocycles. The number of rotatable bonds is 3. The number of hydrogen-bond donors (Lipinski definition) is 1. The molecule has 2 N–H and O–H groups in total. The van der Waals surface area contributed by atoms with E-state index in [0.29, 0.717) is 23.6 Å². The molecule has 0 unspecified atom stereocenters. The number of carbonyl (C=O) groups is 1. The van der Waals surface area contributed by atoms with E-state index in [9.17, 15) is 9.18 Å². The summed E-state index contributed by atoms with van der Waals surface area (Å²) in [4.78, 5) is 13.8. The molecule has 0 atom stereocenters. The number of nitrogen functional groups attached to an aromatic ring is 1. The lowest BCUT2D eigenvalue weighted by Gasteiger charge is -2.18. The van der Waals surface area contributed by atoms with Gasteiger partial charge in [-0.1, -0.05) is 0 Å². The van der Waals surface area contributed by atoms with Crippen molar-refractivity contribution in [2.24, 2.45) is 0 Å². The van der Waals surface area contributed by atoms with Crippen molar-refractivity contribution in [3.05, 3.63) is 42.0 Å². The first-order chi connectivity index (χ1) is 9.04. The van der Waals surface area contributed by atoms with Crippen molar-refractivity contribution in [3.8, 4) is 0 Å². The van der Waals surface area contributed by atoms with Gasteiger partial charge in [0, 0.05) is 19.3 Å². The molecule has 0 bridgehead atoms. The first-order valence-corrected chi connectivity index (χ1v) is 5.89. The Morgan fingerprint density at radius 1 is 1.42 bits per heavy atom. The molecule has 0 aliphatic carbocycles. The van der Waals surface area contributed by atoms with Crippen LogP contribution in [0.2, 0.25) is 0 Å². The molecule has 6 heteroatoms. The van der Waals surface area contributed by atoms with Crippen LogP contribution in [0.5, 0.6) is 0 Å². The summed E-state index contributed by atoms with van der Waals surface area (Å²) in [6.07, 6.45) is 1.45. The fourth-order valence-corrected chi connectivity index (χ4v) is 1.81. The molecule has 2 rings (SSSR count). The van der Waals surface area contributed by atoms with E-state index in [0.717, 1.165) is 0 Å². The Morgan fingerprint density at radius 2 is 2.05 bits per heavy atom. The average Bonchev–Trinajstić information content (AvgIpc) is 2.79. The van der Waals surface area contributed by atoms with Gasteiger partial charge >= 0.3 is 0 Å². The maximum absolute atomic E-state index is 12.9. The van der Waals surface area contributed by atoms with Crippen molar-refractivity contribution < 1.29 is 9.18 Å². The van der Waals surface area contributed by atoms with Gasteiger partial charge in [0.2, 0.25) is 0 Å². The topological polar surface area (TPSA) is 64.2 Å². The van der Waals surface area contributed by atoms with Gasteiger partial charge in [-0.2, -0.15) is 5.10 Å². The number of carbonyl (C=O) groups excluding carboxylic acids is 1. The lowest BCUT2D eigenvalue weighted by Crippen LogP contribution is -2.29. The number of nitrogens with zero attached hydrogens (tertiary/aromatic N) is 3. The molecule has 5 nitrogen and oxygen atoms in total. The molecule has 2 aromatic rings. The quantitative estimate of drug-likeness (QED) is 0.918.